The Labute approximate surface area is 253 Å². The van der Waals surface area contributed by atoms with Crippen LogP contribution in [0.3, 0.4) is 0 Å². The van der Waals surface area contributed by atoms with Gasteiger partial charge in [0, 0.05) is 53.9 Å². The van der Waals surface area contributed by atoms with E-state index in [9.17, 15) is 10.1 Å². The molecule has 0 unspecified atom stereocenters. The zero-order valence-corrected chi connectivity index (χ0v) is 24.4. The summed E-state index contributed by atoms with van der Waals surface area (Å²) in [6, 6.07) is 27.9. The third-order valence-corrected chi connectivity index (χ3v) is 8.14. The van der Waals surface area contributed by atoms with Gasteiger partial charge in [-0.2, -0.15) is 5.26 Å². The van der Waals surface area contributed by atoms with E-state index in [4.69, 9.17) is 4.98 Å². The molecular weight excluding hydrogens is 546 g/mol. The molecule has 0 atom stereocenters. The Morgan fingerprint density at radius 1 is 0.727 bits per heavy atom. The molecule has 7 aromatic rings. The second kappa shape index (κ2) is 10.4. The van der Waals surface area contributed by atoms with Gasteiger partial charge in [0.15, 0.2) is 0 Å². The molecule has 0 radical (unpaired) electrons. The standard InChI is InChI=1S/C36H27N7O/c1-36(2,22-37)27-7-9-28(10-8-27)43-34-29-18-24(4-13-32(29)41-21-33(34)42(3)35(43)44)25-5-11-31(39-19-25)26-6-12-30(40-20-26)23-14-16-38-17-15-23/h4-21H,1-3H3. The summed E-state index contributed by atoms with van der Waals surface area (Å²) in [5.41, 5.74) is 8.68. The number of benzene rings is 2. The van der Waals surface area contributed by atoms with Crippen LogP contribution >= 0.6 is 0 Å². The molecule has 0 saturated carbocycles. The number of aryl methyl sites for hydroxylation is 1. The van der Waals surface area contributed by atoms with Gasteiger partial charge in [-0.3, -0.25) is 29.1 Å². The lowest BCUT2D eigenvalue weighted by Crippen LogP contribution is -2.21. The highest BCUT2D eigenvalue weighted by atomic mass is 16.1. The van der Waals surface area contributed by atoms with Gasteiger partial charge in [0.05, 0.1) is 51.3 Å². The number of nitrogens with zero attached hydrogens (tertiary/aromatic N) is 7. The predicted octanol–water partition coefficient (Wildman–Crippen LogP) is 6.86. The minimum absolute atomic E-state index is 0.165. The van der Waals surface area contributed by atoms with Crippen LogP contribution < -0.4 is 5.69 Å². The third kappa shape index (κ3) is 4.52. The van der Waals surface area contributed by atoms with Crippen molar-refractivity contribution in [1.82, 2.24) is 29.1 Å². The van der Waals surface area contributed by atoms with E-state index >= 15 is 0 Å². The Balaban J connectivity index is 1.28. The van der Waals surface area contributed by atoms with Crippen molar-refractivity contribution in [2.75, 3.05) is 0 Å². The zero-order chi connectivity index (χ0) is 30.4. The minimum atomic E-state index is -0.628. The first-order valence-corrected chi connectivity index (χ1v) is 14.2. The largest absolute Gasteiger partial charge is 0.333 e. The molecule has 7 rings (SSSR count). The molecule has 8 nitrogen and oxygen atoms in total. The van der Waals surface area contributed by atoms with Crippen LogP contribution in [0.25, 0.3) is 61.3 Å². The van der Waals surface area contributed by atoms with Gasteiger partial charge in [-0.15, -0.1) is 0 Å². The summed E-state index contributed by atoms with van der Waals surface area (Å²) < 4.78 is 3.34. The van der Waals surface area contributed by atoms with Gasteiger partial charge in [0.1, 0.15) is 0 Å². The second-order valence-electron chi connectivity index (χ2n) is 11.3. The second-order valence-corrected chi connectivity index (χ2v) is 11.3. The summed E-state index contributed by atoms with van der Waals surface area (Å²) >= 11 is 0. The lowest BCUT2D eigenvalue weighted by molar-refractivity contribution is 0.686. The average molecular weight is 574 g/mol. The highest BCUT2D eigenvalue weighted by molar-refractivity contribution is 6.04. The van der Waals surface area contributed by atoms with Crippen molar-refractivity contribution in [1.29, 1.82) is 5.26 Å². The van der Waals surface area contributed by atoms with E-state index in [1.54, 1.807) is 34.8 Å². The van der Waals surface area contributed by atoms with Crippen LogP contribution in [0.5, 0.6) is 0 Å². The van der Waals surface area contributed by atoms with Crippen LogP contribution in [0.1, 0.15) is 19.4 Å². The topological polar surface area (TPSA) is 102 Å². The molecule has 0 amide bonds. The number of rotatable bonds is 5. The van der Waals surface area contributed by atoms with Crippen molar-refractivity contribution in [3.63, 3.8) is 0 Å². The molecule has 0 N–H and O–H groups in total. The van der Waals surface area contributed by atoms with Crippen LogP contribution in [-0.4, -0.2) is 29.1 Å². The van der Waals surface area contributed by atoms with E-state index in [1.165, 1.54) is 0 Å². The number of nitriles is 1. The van der Waals surface area contributed by atoms with E-state index in [-0.39, 0.29) is 5.69 Å². The first-order valence-electron chi connectivity index (χ1n) is 14.2. The molecule has 8 heteroatoms. The van der Waals surface area contributed by atoms with Crippen molar-refractivity contribution < 1.29 is 0 Å². The first kappa shape index (κ1) is 26.9. The van der Waals surface area contributed by atoms with Crippen LogP contribution in [0, 0.1) is 11.3 Å². The molecule has 0 spiro atoms. The lowest BCUT2D eigenvalue weighted by Gasteiger charge is -2.16. The Kier molecular flexibility index (Phi) is 6.37. The summed E-state index contributed by atoms with van der Waals surface area (Å²) in [6.45, 7) is 3.76. The fourth-order valence-corrected chi connectivity index (χ4v) is 5.48. The minimum Gasteiger partial charge on any atom is -0.293 e. The summed E-state index contributed by atoms with van der Waals surface area (Å²) in [5, 5.41) is 10.4. The van der Waals surface area contributed by atoms with Gasteiger partial charge < -0.3 is 0 Å². The summed E-state index contributed by atoms with van der Waals surface area (Å²) in [7, 11) is 1.76. The molecule has 0 bridgehead atoms. The maximum Gasteiger partial charge on any atom is 0.333 e. The fraction of sp³-hybridized carbons (Fsp3) is 0.111. The Morgan fingerprint density at radius 2 is 1.39 bits per heavy atom. The number of imidazole rings is 1. The Hall–Kier alpha value is -5.94. The Morgan fingerprint density at radius 3 is 2.05 bits per heavy atom. The predicted molar refractivity (Wildman–Crippen MR) is 172 cm³/mol. The van der Waals surface area contributed by atoms with Crippen LogP contribution in [-0.2, 0) is 12.5 Å². The normalized spacial score (nSPS) is 11.6. The molecular formula is C36H27N7O. The molecule has 0 fully saturated rings. The van der Waals surface area contributed by atoms with Crippen LogP contribution in [0.2, 0.25) is 0 Å². The summed E-state index contributed by atoms with van der Waals surface area (Å²) in [4.78, 5) is 31.6. The van der Waals surface area contributed by atoms with Crippen molar-refractivity contribution in [2.45, 2.75) is 19.3 Å². The summed E-state index contributed by atoms with van der Waals surface area (Å²) in [6.07, 6.45) is 8.94. The monoisotopic (exact) mass is 573 g/mol. The zero-order valence-electron chi connectivity index (χ0n) is 24.4. The molecule has 0 aliphatic heterocycles. The molecule has 44 heavy (non-hydrogen) atoms. The lowest BCUT2D eigenvalue weighted by atomic mass is 9.86. The number of fused-ring (bicyclic) bond motifs is 3. The maximum atomic E-state index is 13.5. The van der Waals surface area contributed by atoms with Gasteiger partial charge in [-0.1, -0.05) is 24.3 Å². The maximum absolute atomic E-state index is 13.5. The number of pyridine rings is 4. The Bertz CT molecular complexity index is 2260. The number of hydrogen-bond acceptors (Lipinski definition) is 6. The van der Waals surface area contributed by atoms with Crippen molar-refractivity contribution >= 4 is 21.9 Å². The highest BCUT2D eigenvalue weighted by Crippen LogP contribution is 2.31. The highest BCUT2D eigenvalue weighted by Gasteiger charge is 2.21. The molecule has 0 aliphatic rings. The van der Waals surface area contributed by atoms with E-state index in [1.807, 2.05) is 99.0 Å². The molecule has 212 valence electrons. The average Bonchev–Trinajstić information content (AvgIpc) is 3.34. The molecule has 5 aromatic heterocycles. The molecule has 5 heterocycles. The van der Waals surface area contributed by atoms with Crippen LogP contribution in [0.15, 0.2) is 115 Å². The summed E-state index contributed by atoms with van der Waals surface area (Å²) in [5.74, 6) is 0. The van der Waals surface area contributed by atoms with E-state index < -0.39 is 5.41 Å². The van der Waals surface area contributed by atoms with Gasteiger partial charge in [0.25, 0.3) is 0 Å². The smallest absolute Gasteiger partial charge is 0.293 e. The SMILES string of the molecule is Cn1c(=O)n(-c2ccc(C(C)(C)C#N)cc2)c2c3cc(-c4ccc(-c5ccc(-c6ccncc6)nc5)nc4)ccc3ncc21. The number of aromatic nitrogens is 6. The van der Waals surface area contributed by atoms with E-state index in [0.29, 0.717) is 0 Å². The van der Waals surface area contributed by atoms with E-state index in [0.717, 1.165) is 66.8 Å². The fourth-order valence-electron chi connectivity index (χ4n) is 5.48. The molecule has 2 aromatic carbocycles. The quantitative estimate of drug-likeness (QED) is 0.223. The van der Waals surface area contributed by atoms with Gasteiger partial charge >= 0.3 is 5.69 Å². The third-order valence-electron chi connectivity index (χ3n) is 8.14. The first-order chi connectivity index (χ1) is 21.3. The van der Waals surface area contributed by atoms with Gasteiger partial charge in [-0.05, 0) is 79.6 Å². The number of hydrogen-bond donors (Lipinski definition) is 0. The van der Waals surface area contributed by atoms with Gasteiger partial charge in [-0.25, -0.2) is 4.79 Å². The van der Waals surface area contributed by atoms with Crippen molar-refractivity contribution in [3.8, 4) is 45.4 Å². The molecule has 0 aliphatic carbocycles. The van der Waals surface area contributed by atoms with Crippen LogP contribution in [0.4, 0.5) is 0 Å². The molecule has 0 saturated heterocycles. The van der Waals surface area contributed by atoms with Gasteiger partial charge in [0.2, 0.25) is 0 Å². The van der Waals surface area contributed by atoms with Crippen molar-refractivity contribution in [2.24, 2.45) is 7.05 Å². The van der Waals surface area contributed by atoms with Crippen molar-refractivity contribution in [3.05, 3.63) is 126 Å². The van der Waals surface area contributed by atoms with E-state index in [2.05, 4.69) is 27.1 Å².